The molecule has 1 aliphatic carbocycles. The Bertz CT molecular complexity index is 158. The Morgan fingerprint density at radius 2 is 2.45 bits per heavy atom. The van der Waals surface area contributed by atoms with Gasteiger partial charge >= 0.3 is 0 Å². The molecule has 1 aliphatic heterocycles. The lowest BCUT2D eigenvalue weighted by molar-refractivity contribution is 0.201. The summed E-state index contributed by atoms with van der Waals surface area (Å²) < 4.78 is 5.62. The van der Waals surface area contributed by atoms with Crippen molar-refractivity contribution in [3.8, 4) is 0 Å². The van der Waals surface area contributed by atoms with Gasteiger partial charge in [-0.3, -0.25) is 0 Å². The molecule has 1 heterocycles. The molecule has 2 rings (SSSR count). The lowest BCUT2D eigenvalue weighted by Gasteiger charge is -2.20. The van der Waals surface area contributed by atoms with Crippen LogP contribution in [-0.4, -0.2) is 23.4 Å². The lowest BCUT2D eigenvalue weighted by atomic mass is 9.81. The van der Waals surface area contributed by atoms with Gasteiger partial charge in [-0.05, 0) is 25.2 Å². The molecule has 0 radical (unpaired) electrons. The molecule has 0 aromatic carbocycles. The van der Waals surface area contributed by atoms with Gasteiger partial charge in [0.05, 0.1) is 11.7 Å². The SMILES string of the molecule is C[C@H]1CC[C@@]2(CCO)O[C@H]2C1. The van der Waals surface area contributed by atoms with E-state index < -0.39 is 0 Å². The molecule has 2 nitrogen and oxygen atoms in total. The van der Waals surface area contributed by atoms with Crippen LogP contribution in [0.2, 0.25) is 0 Å². The van der Waals surface area contributed by atoms with Gasteiger partial charge in [-0.2, -0.15) is 0 Å². The highest BCUT2D eigenvalue weighted by Crippen LogP contribution is 2.51. The van der Waals surface area contributed by atoms with Crippen LogP contribution in [-0.2, 0) is 4.74 Å². The highest BCUT2D eigenvalue weighted by molar-refractivity contribution is 5.05. The van der Waals surface area contributed by atoms with E-state index in [1.807, 2.05) is 0 Å². The first-order valence-electron chi connectivity index (χ1n) is 4.55. The van der Waals surface area contributed by atoms with E-state index in [1.165, 1.54) is 19.3 Å². The molecule has 2 fully saturated rings. The van der Waals surface area contributed by atoms with Crippen LogP contribution in [0.1, 0.15) is 32.6 Å². The van der Waals surface area contributed by atoms with Gasteiger partial charge in [0.25, 0.3) is 0 Å². The molecule has 0 spiro atoms. The van der Waals surface area contributed by atoms with E-state index in [9.17, 15) is 0 Å². The number of aliphatic hydroxyl groups is 1. The van der Waals surface area contributed by atoms with Gasteiger partial charge in [-0.25, -0.2) is 0 Å². The number of epoxide rings is 1. The number of hydrogen-bond acceptors (Lipinski definition) is 2. The minimum Gasteiger partial charge on any atom is -0.396 e. The Hall–Kier alpha value is -0.0800. The van der Waals surface area contributed by atoms with Crippen LogP contribution in [0.3, 0.4) is 0 Å². The van der Waals surface area contributed by atoms with Crippen molar-refractivity contribution in [3.05, 3.63) is 0 Å². The molecular formula is C9H16O2. The molecule has 0 bridgehead atoms. The zero-order valence-corrected chi connectivity index (χ0v) is 7.05. The van der Waals surface area contributed by atoms with Crippen LogP contribution in [0.15, 0.2) is 0 Å². The molecule has 64 valence electrons. The highest BCUT2D eigenvalue weighted by Gasteiger charge is 2.57. The summed E-state index contributed by atoms with van der Waals surface area (Å²) in [7, 11) is 0. The Morgan fingerprint density at radius 1 is 1.64 bits per heavy atom. The maximum Gasteiger partial charge on any atom is 0.0970 e. The average Bonchev–Trinajstić information content (AvgIpc) is 2.63. The fraction of sp³-hybridized carbons (Fsp3) is 1.00. The van der Waals surface area contributed by atoms with Gasteiger partial charge in [0, 0.05) is 13.0 Å². The van der Waals surface area contributed by atoms with Crippen LogP contribution in [0.4, 0.5) is 0 Å². The standard InChI is InChI=1S/C9H16O2/c1-7-2-3-9(4-5-10)8(6-7)11-9/h7-8,10H,2-6H2,1H3/t7-,8-,9-/m0/s1. The summed E-state index contributed by atoms with van der Waals surface area (Å²) in [5, 5.41) is 8.80. The van der Waals surface area contributed by atoms with Crippen molar-refractivity contribution in [2.24, 2.45) is 5.92 Å². The summed E-state index contributed by atoms with van der Waals surface area (Å²) in [4.78, 5) is 0. The Kier molecular flexibility index (Phi) is 1.69. The second-order valence-electron chi connectivity index (χ2n) is 4.02. The fourth-order valence-corrected chi connectivity index (χ4v) is 2.24. The largest absolute Gasteiger partial charge is 0.396 e. The number of ether oxygens (including phenoxy) is 1. The molecule has 0 aromatic heterocycles. The number of hydrogen-bond donors (Lipinski definition) is 1. The zero-order valence-electron chi connectivity index (χ0n) is 7.05. The molecule has 1 N–H and O–H groups in total. The number of fused-ring (bicyclic) bond motifs is 1. The maximum absolute atomic E-state index is 8.80. The van der Waals surface area contributed by atoms with Crippen LogP contribution in [0, 0.1) is 5.92 Å². The van der Waals surface area contributed by atoms with Gasteiger partial charge in [-0.1, -0.05) is 6.92 Å². The average molecular weight is 156 g/mol. The van der Waals surface area contributed by atoms with Gasteiger partial charge in [-0.15, -0.1) is 0 Å². The van der Waals surface area contributed by atoms with E-state index in [2.05, 4.69) is 6.92 Å². The van der Waals surface area contributed by atoms with Crippen LogP contribution in [0.25, 0.3) is 0 Å². The summed E-state index contributed by atoms with van der Waals surface area (Å²) in [6.45, 7) is 2.56. The Labute approximate surface area is 67.6 Å². The number of rotatable bonds is 2. The first-order valence-corrected chi connectivity index (χ1v) is 4.55. The molecule has 1 saturated heterocycles. The Morgan fingerprint density at radius 3 is 3.09 bits per heavy atom. The summed E-state index contributed by atoms with van der Waals surface area (Å²) >= 11 is 0. The van der Waals surface area contributed by atoms with Crippen molar-refractivity contribution in [1.29, 1.82) is 0 Å². The fourth-order valence-electron chi connectivity index (χ4n) is 2.24. The predicted molar refractivity (Wildman–Crippen MR) is 42.3 cm³/mol. The normalized spacial score (nSPS) is 48.5. The van der Waals surface area contributed by atoms with Crippen LogP contribution < -0.4 is 0 Å². The van der Waals surface area contributed by atoms with Crippen molar-refractivity contribution in [3.63, 3.8) is 0 Å². The third-order valence-corrected chi connectivity index (χ3v) is 3.12. The lowest BCUT2D eigenvalue weighted by Crippen LogP contribution is -2.24. The van der Waals surface area contributed by atoms with Crippen LogP contribution in [0.5, 0.6) is 0 Å². The van der Waals surface area contributed by atoms with Crippen molar-refractivity contribution >= 4 is 0 Å². The molecule has 0 unspecified atom stereocenters. The first-order chi connectivity index (χ1) is 5.27. The molecule has 1 saturated carbocycles. The van der Waals surface area contributed by atoms with E-state index >= 15 is 0 Å². The number of aliphatic hydroxyl groups excluding tert-OH is 1. The third-order valence-electron chi connectivity index (χ3n) is 3.12. The summed E-state index contributed by atoms with van der Waals surface area (Å²) in [5.74, 6) is 0.828. The monoisotopic (exact) mass is 156 g/mol. The third kappa shape index (κ3) is 1.18. The van der Waals surface area contributed by atoms with E-state index in [4.69, 9.17) is 9.84 Å². The van der Waals surface area contributed by atoms with E-state index in [-0.39, 0.29) is 12.2 Å². The molecule has 0 amide bonds. The predicted octanol–water partition coefficient (Wildman–Crippen LogP) is 1.33. The van der Waals surface area contributed by atoms with Crippen molar-refractivity contribution in [2.75, 3.05) is 6.61 Å². The van der Waals surface area contributed by atoms with Crippen molar-refractivity contribution in [2.45, 2.75) is 44.3 Å². The van der Waals surface area contributed by atoms with Crippen molar-refractivity contribution < 1.29 is 9.84 Å². The summed E-state index contributed by atoms with van der Waals surface area (Å²) in [5.41, 5.74) is 0.126. The minimum absolute atomic E-state index is 0.126. The smallest absolute Gasteiger partial charge is 0.0970 e. The summed E-state index contributed by atoms with van der Waals surface area (Å²) in [6.07, 6.45) is 4.98. The molecule has 2 heteroatoms. The highest BCUT2D eigenvalue weighted by atomic mass is 16.6. The zero-order chi connectivity index (χ0) is 7.90. The van der Waals surface area contributed by atoms with Gasteiger partial charge < -0.3 is 9.84 Å². The topological polar surface area (TPSA) is 32.8 Å². The van der Waals surface area contributed by atoms with E-state index in [0.717, 1.165) is 12.3 Å². The maximum atomic E-state index is 8.80. The second kappa shape index (κ2) is 2.46. The van der Waals surface area contributed by atoms with Gasteiger partial charge in [0.2, 0.25) is 0 Å². The second-order valence-corrected chi connectivity index (χ2v) is 4.02. The van der Waals surface area contributed by atoms with Gasteiger partial charge in [0.1, 0.15) is 0 Å². The Balaban J connectivity index is 1.92. The quantitative estimate of drug-likeness (QED) is 0.612. The van der Waals surface area contributed by atoms with Gasteiger partial charge in [0.15, 0.2) is 0 Å². The van der Waals surface area contributed by atoms with E-state index in [1.54, 1.807) is 0 Å². The molecule has 2 aliphatic rings. The first kappa shape index (κ1) is 7.56. The van der Waals surface area contributed by atoms with Crippen LogP contribution >= 0.6 is 0 Å². The minimum atomic E-state index is 0.126. The molecule has 11 heavy (non-hydrogen) atoms. The molecular weight excluding hydrogens is 140 g/mol. The van der Waals surface area contributed by atoms with Crippen molar-refractivity contribution in [1.82, 2.24) is 0 Å². The van der Waals surface area contributed by atoms with E-state index in [0.29, 0.717) is 6.10 Å². The summed E-state index contributed by atoms with van der Waals surface area (Å²) in [6, 6.07) is 0. The molecule has 3 atom stereocenters. The molecule has 0 aromatic rings.